The average molecular weight is 280 g/mol. The van der Waals surface area contributed by atoms with Gasteiger partial charge in [0.25, 0.3) is 0 Å². The topological polar surface area (TPSA) is 86.7 Å². The highest BCUT2D eigenvalue weighted by molar-refractivity contribution is 5.91. The van der Waals surface area contributed by atoms with Gasteiger partial charge >= 0.3 is 5.97 Å². The van der Waals surface area contributed by atoms with Gasteiger partial charge in [0.1, 0.15) is 12.6 Å². The van der Waals surface area contributed by atoms with E-state index in [-0.39, 0.29) is 24.9 Å². The SMILES string of the molecule is O=C1CN(C(=O)CC2CC3CCC2C3)C(C(=O)O)CN1. The van der Waals surface area contributed by atoms with E-state index in [0.717, 1.165) is 12.3 Å². The molecule has 1 saturated heterocycles. The summed E-state index contributed by atoms with van der Waals surface area (Å²) in [4.78, 5) is 36.2. The third-order valence-corrected chi connectivity index (χ3v) is 5.11. The van der Waals surface area contributed by atoms with Crippen molar-refractivity contribution in [3.63, 3.8) is 0 Å². The predicted octanol–water partition coefficient (Wildman–Crippen LogP) is 0.224. The van der Waals surface area contributed by atoms with E-state index >= 15 is 0 Å². The third-order valence-electron chi connectivity index (χ3n) is 5.11. The zero-order chi connectivity index (χ0) is 14.3. The molecule has 4 atom stereocenters. The number of nitrogens with zero attached hydrogens (tertiary/aromatic N) is 1. The Labute approximate surface area is 117 Å². The van der Waals surface area contributed by atoms with Crippen LogP contribution in [-0.2, 0) is 14.4 Å². The Morgan fingerprint density at radius 2 is 2.10 bits per heavy atom. The molecule has 0 aromatic carbocycles. The van der Waals surface area contributed by atoms with E-state index in [1.54, 1.807) is 0 Å². The number of fused-ring (bicyclic) bond motifs is 2. The van der Waals surface area contributed by atoms with Crippen LogP contribution < -0.4 is 5.32 Å². The molecule has 6 heteroatoms. The second-order valence-corrected chi connectivity index (χ2v) is 6.32. The number of carbonyl (C=O) groups is 3. The zero-order valence-electron chi connectivity index (χ0n) is 11.4. The molecule has 2 amide bonds. The molecule has 2 saturated carbocycles. The minimum Gasteiger partial charge on any atom is -0.480 e. The van der Waals surface area contributed by atoms with Crippen molar-refractivity contribution in [3.05, 3.63) is 0 Å². The molecule has 4 unspecified atom stereocenters. The Morgan fingerprint density at radius 1 is 1.30 bits per heavy atom. The van der Waals surface area contributed by atoms with Crippen LogP contribution in [0.5, 0.6) is 0 Å². The van der Waals surface area contributed by atoms with Gasteiger partial charge in [0.2, 0.25) is 11.8 Å². The standard InChI is InChI=1S/C14H20N2O4/c17-12-7-16(11(6-15-12)14(19)20)13(18)5-10-4-8-1-2-9(10)3-8/h8-11H,1-7H2,(H,15,17)(H,19,20). The van der Waals surface area contributed by atoms with Gasteiger partial charge in [0.15, 0.2) is 0 Å². The van der Waals surface area contributed by atoms with Crippen LogP contribution in [0.25, 0.3) is 0 Å². The molecule has 0 aromatic rings. The van der Waals surface area contributed by atoms with E-state index in [1.807, 2.05) is 0 Å². The lowest BCUT2D eigenvalue weighted by Gasteiger charge is -2.34. The molecule has 20 heavy (non-hydrogen) atoms. The number of nitrogens with one attached hydrogen (secondary N) is 1. The van der Waals surface area contributed by atoms with E-state index in [0.29, 0.717) is 18.3 Å². The number of carboxylic acids is 1. The number of amides is 2. The Balaban J connectivity index is 1.65. The fourth-order valence-corrected chi connectivity index (χ4v) is 4.09. The molecule has 0 spiro atoms. The van der Waals surface area contributed by atoms with Gasteiger partial charge in [-0.1, -0.05) is 6.42 Å². The second kappa shape index (κ2) is 5.07. The van der Waals surface area contributed by atoms with E-state index in [4.69, 9.17) is 5.11 Å². The monoisotopic (exact) mass is 280 g/mol. The number of hydrogen-bond donors (Lipinski definition) is 2. The first-order valence-corrected chi connectivity index (χ1v) is 7.33. The summed E-state index contributed by atoms with van der Waals surface area (Å²) >= 11 is 0. The normalized spacial score (nSPS) is 36.0. The van der Waals surface area contributed by atoms with Crippen molar-refractivity contribution in [3.8, 4) is 0 Å². The lowest BCUT2D eigenvalue weighted by atomic mass is 9.86. The fourth-order valence-electron chi connectivity index (χ4n) is 4.09. The van der Waals surface area contributed by atoms with Crippen LogP contribution in [0.15, 0.2) is 0 Å². The van der Waals surface area contributed by atoms with Gasteiger partial charge in [-0.2, -0.15) is 0 Å². The molecule has 3 rings (SSSR count). The van der Waals surface area contributed by atoms with Crippen molar-refractivity contribution in [2.45, 2.75) is 38.1 Å². The lowest BCUT2D eigenvalue weighted by molar-refractivity contribution is -0.154. The molecule has 0 aromatic heterocycles. The summed E-state index contributed by atoms with van der Waals surface area (Å²) in [6, 6.07) is -0.918. The highest BCUT2D eigenvalue weighted by Gasteiger charge is 2.42. The molecule has 110 valence electrons. The van der Waals surface area contributed by atoms with Gasteiger partial charge in [-0.25, -0.2) is 4.79 Å². The highest BCUT2D eigenvalue weighted by Crippen LogP contribution is 2.49. The molecule has 1 aliphatic heterocycles. The number of carboxylic acid groups (broad SMARTS) is 1. The summed E-state index contributed by atoms with van der Waals surface area (Å²) in [6.45, 7) is -0.118. The molecule has 0 radical (unpaired) electrons. The van der Waals surface area contributed by atoms with Crippen LogP contribution in [0.3, 0.4) is 0 Å². The Bertz CT molecular complexity index is 450. The van der Waals surface area contributed by atoms with Gasteiger partial charge in [-0.15, -0.1) is 0 Å². The van der Waals surface area contributed by atoms with Crippen molar-refractivity contribution in [1.82, 2.24) is 10.2 Å². The summed E-state index contributed by atoms with van der Waals surface area (Å²) in [5, 5.41) is 11.7. The van der Waals surface area contributed by atoms with Gasteiger partial charge in [-0.05, 0) is 37.0 Å². The van der Waals surface area contributed by atoms with Crippen molar-refractivity contribution < 1.29 is 19.5 Å². The van der Waals surface area contributed by atoms with Gasteiger partial charge in [0, 0.05) is 13.0 Å². The molecule has 3 fully saturated rings. The Hall–Kier alpha value is -1.59. The quantitative estimate of drug-likeness (QED) is 0.774. The van der Waals surface area contributed by atoms with Crippen LogP contribution in [0.2, 0.25) is 0 Å². The van der Waals surface area contributed by atoms with Crippen LogP contribution in [-0.4, -0.2) is 46.9 Å². The zero-order valence-corrected chi connectivity index (χ0v) is 11.4. The minimum atomic E-state index is -1.05. The second-order valence-electron chi connectivity index (χ2n) is 6.32. The van der Waals surface area contributed by atoms with E-state index in [9.17, 15) is 14.4 Å². The summed E-state index contributed by atoms with van der Waals surface area (Å²) in [6.07, 6.45) is 5.19. The molecule has 3 aliphatic rings. The fraction of sp³-hybridized carbons (Fsp3) is 0.786. The van der Waals surface area contributed by atoms with Crippen LogP contribution in [0, 0.1) is 17.8 Å². The van der Waals surface area contributed by atoms with E-state index in [1.165, 1.54) is 24.2 Å². The summed E-state index contributed by atoms with van der Waals surface area (Å²) < 4.78 is 0. The maximum atomic E-state index is 12.4. The van der Waals surface area contributed by atoms with Crippen LogP contribution in [0.4, 0.5) is 0 Å². The smallest absolute Gasteiger partial charge is 0.328 e. The predicted molar refractivity (Wildman–Crippen MR) is 69.7 cm³/mol. The number of piperazine rings is 1. The Morgan fingerprint density at radius 3 is 2.70 bits per heavy atom. The van der Waals surface area contributed by atoms with Gasteiger partial charge < -0.3 is 15.3 Å². The van der Waals surface area contributed by atoms with E-state index < -0.39 is 12.0 Å². The van der Waals surface area contributed by atoms with Crippen molar-refractivity contribution >= 4 is 17.8 Å². The average Bonchev–Trinajstić information content (AvgIpc) is 3.00. The van der Waals surface area contributed by atoms with E-state index in [2.05, 4.69) is 5.32 Å². The summed E-state index contributed by atoms with van der Waals surface area (Å²) in [7, 11) is 0. The van der Waals surface area contributed by atoms with Crippen molar-refractivity contribution in [1.29, 1.82) is 0 Å². The maximum absolute atomic E-state index is 12.4. The minimum absolute atomic E-state index is 0.0105. The number of hydrogen-bond acceptors (Lipinski definition) is 3. The van der Waals surface area contributed by atoms with Crippen LogP contribution in [0.1, 0.15) is 32.1 Å². The third kappa shape index (κ3) is 2.39. The molecule has 2 aliphatic carbocycles. The van der Waals surface area contributed by atoms with Gasteiger partial charge in [-0.3, -0.25) is 9.59 Å². The lowest BCUT2D eigenvalue weighted by Crippen LogP contribution is -2.59. The highest BCUT2D eigenvalue weighted by atomic mass is 16.4. The number of rotatable bonds is 3. The first-order valence-electron chi connectivity index (χ1n) is 7.33. The van der Waals surface area contributed by atoms with Crippen molar-refractivity contribution in [2.24, 2.45) is 17.8 Å². The van der Waals surface area contributed by atoms with Crippen LogP contribution >= 0.6 is 0 Å². The van der Waals surface area contributed by atoms with Gasteiger partial charge in [0.05, 0.1) is 0 Å². The molecular weight excluding hydrogens is 260 g/mol. The number of aliphatic carboxylic acids is 1. The maximum Gasteiger partial charge on any atom is 0.328 e. The number of carbonyl (C=O) groups excluding carboxylic acids is 2. The molecular formula is C14H20N2O4. The first-order chi connectivity index (χ1) is 9.54. The molecule has 2 N–H and O–H groups in total. The largest absolute Gasteiger partial charge is 0.480 e. The molecule has 2 bridgehead atoms. The Kier molecular flexibility index (Phi) is 3.40. The summed E-state index contributed by atoms with van der Waals surface area (Å²) in [5.74, 6) is 0.282. The summed E-state index contributed by atoms with van der Waals surface area (Å²) in [5.41, 5.74) is 0. The molecule has 6 nitrogen and oxygen atoms in total. The molecule has 1 heterocycles. The van der Waals surface area contributed by atoms with Crippen molar-refractivity contribution in [2.75, 3.05) is 13.1 Å². The first kappa shape index (κ1) is 13.4.